The molecule has 0 rings (SSSR count). The molecule has 0 aliphatic rings. The van der Waals surface area contributed by atoms with Crippen LogP contribution in [0.3, 0.4) is 0 Å². The van der Waals surface area contributed by atoms with Crippen LogP contribution in [0.4, 0.5) is 0 Å². The number of aliphatic carboxylic acids is 2. The van der Waals surface area contributed by atoms with Crippen molar-refractivity contribution in [2.75, 3.05) is 0 Å². The van der Waals surface area contributed by atoms with Gasteiger partial charge in [-0.15, -0.1) is 0 Å². The van der Waals surface area contributed by atoms with Gasteiger partial charge in [0, 0.05) is 13.8 Å². The van der Waals surface area contributed by atoms with Gasteiger partial charge in [-0.2, -0.15) is 0 Å². The molecule has 0 spiro atoms. The Labute approximate surface area is 93.3 Å². The van der Waals surface area contributed by atoms with Crippen LogP contribution in [-0.2, 0) is 9.59 Å². The van der Waals surface area contributed by atoms with Gasteiger partial charge < -0.3 is 35.0 Å². The molecule has 0 fully saturated rings. The molecule has 0 unspecified atom stereocenters. The van der Waals surface area contributed by atoms with Crippen LogP contribution in [0, 0.1) is 0 Å². The van der Waals surface area contributed by atoms with Crippen molar-refractivity contribution in [1.29, 1.82) is 0 Å². The SMILES string of the molecule is CC(=O)O.CC(=O)O.[Cl-].[Cl-].[Mg+2]. The molecule has 0 bridgehead atoms. The molecule has 0 aliphatic carbocycles. The molecule has 0 saturated carbocycles. The van der Waals surface area contributed by atoms with E-state index in [1.54, 1.807) is 0 Å². The molecule has 7 heteroatoms. The molecular formula is C4H8Cl2MgO4. The number of hydrogen-bond donors (Lipinski definition) is 2. The normalized spacial score (nSPS) is 4.55. The number of halogens is 2. The van der Waals surface area contributed by atoms with Crippen LogP contribution < -0.4 is 24.8 Å². The summed E-state index contributed by atoms with van der Waals surface area (Å²) >= 11 is 0. The molecule has 11 heavy (non-hydrogen) atoms. The smallest absolute Gasteiger partial charge is 1.00 e. The summed E-state index contributed by atoms with van der Waals surface area (Å²) in [4.78, 5) is 18.0. The van der Waals surface area contributed by atoms with Gasteiger partial charge in [-0.1, -0.05) is 0 Å². The third-order valence-electron chi connectivity index (χ3n) is 0. The number of carbonyl (C=O) groups is 2. The summed E-state index contributed by atoms with van der Waals surface area (Å²) in [5.41, 5.74) is 0. The molecule has 0 radical (unpaired) electrons. The number of carboxylic acid groups (broad SMARTS) is 2. The Kier molecular flexibility index (Phi) is 61.7. The standard InChI is InChI=1S/2C2H4O2.2ClH.Mg/c2*1-2(3)4;;;/h2*1H3,(H,3,4);2*1H;/q;;;;+2/p-2. The Morgan fingerprint density at radius 1 is 0.909 bits per heavy atom. The molecule has 2 N–H and O–H groups in total. The molecule has 0 aromatic rings. The summed E-state index contributed by atoms with van der Waals surface area (Å²) in [6, 6.07) is 0. The maximum absolute atomic E-state index is 9.00. The van der Waals surface area contributed by atoms with Gasteiger partial charge >= 0.3 is 23.1 Å². The predicted octanol–water partition coefficient (Wildman–Crippen LogP) is -6.19. The third kappa shape index (κ3) is 8620. The molecule has 64 valence electrons. The van der Waals surface area contributed by atoms with E-state index in [2.05, 4.69) is 0 Å². The fourth-order valence-electron chi connectivity index (χ4n) is 0. The Hall–Kier alpha value is 0.286. The Morgan fingerprint density at radius 3 is 0.909 bits per heavy atom. The van der Waals surface area contributed by atoms with E-state index in [4.69, 9.17) is 19.8 Å². The average Bonchev–Trinajstić information content (AvgIpc) is 1.25. The maximum atomic E-state index is 9.00. The fourth-order valence-corrected chi connectivity index (χ4v) is 0. The topological polar surface area (TPSA) is 74.6 Å². The van der Waals surface area contributed by atoms with Gasteiger partial charge in [-0.05, 0) is 0 Å². The van der Waals surface area contributed by atoms with E-state index in [0.29, 0.717) is 0 Å². The molecule has 0 aliphatic heterocycles. The van der Waals surface area contributed by atoms with Crippen molar-refractivity contribution in [3.8, 4) is 0 Å². The maximum Gasteiger partial charge on any atom is 2.00 e. The molecule has 0 atom stereocenters. The first-order valence-corrected chi connectivity index (χ1v) is 1.86. The van der Waals surface area contributed by atoms with Gasteiger partial charge in [0.2, 0.25) is 0 Å². The molecular weight excluding hydrogens is 207 g/mol. The zero-order valence-electron chi connectivity index (χ0n) is 6.17. The van der Waals surface area contributed by atoms with Crippen molar-refractivity contribution in [2.24, 2.45) is 0 Å². The summed E-state index contributed by atoms with van der Waals surface area (Å²) in [5, 5.41) is 14.8. The van der Waals surface area contributed by atoms with Crippen molar-refractivity contribution in [1.82, 2.24) is 0 Å². The van der Waals surface area contributed by atoms with Crippen LogP contribution in [0.1, 0.15) is 13.8 Å². The van der Waals surface area contributed by atoms with Crippen LogP contribution in [0.5, 0.6) is 0 Å². The molecule has 0 aromatic carbocycles. The van der Waals surface area contributed by atoms with Crippen LogP contribution in [0.25, 0.3) is 0 Å². The average molecular weight is 215 g/mol. The zero-order chi connectivity index (χ0) is 7.15. The minimum Gasteiger partial charge on any atom is -1.00 e. The number of rotatable bonds is 0. The first-order valence-electron chi connectivity index (χ1n) is 1.86. The minimum absolute atomic E-state index is 0. The first-order chi connectivity index (χ1) is 3.46. The summed E-state index contributed by atoms with van der Waals surface area (Å²) in [7, 11) is 0. The molecule has 0 aromatic heterocycles. The minimum atomic E-state index is -0.833. The van der Waals surface area contributed by atoms with E-state index in [9.17, 15) is 0 Å². The second kappa shape index (κ2) is 22.4. The second-order valence-electron chi connectivity index (χ2n) is 1.04. The number of carboxylic acids is 2. The Balaban J connectivity index is -0.0000000171. The van der Waals surface area contributed by atoms with Crippen LogP contribution in [0.15, 0.2) is 0 Å². The van der Waals surface area contributed by atoms with Crippen LogP contribution in [0.2, 0.25) is 0 Å². The van der Waals surface area contributed by atoms with Crippen molar-refractivity contribution in [2.45, 2.75) is 13.8 Å². The van der Waals surface area contributed by atoms with E-state index in [1.807, 2.05) is 0 Å². The Morgan fingerprint density at radius 2 is 0.909 bits per heavy atom. The molecule has 0 amide bonds. The molecule has 4 nitrogen and oxygen atoms in total. The van der Waals surface area contributed by atoms with Crippen molar-refractivity contribution in [3.63, 3.8) is 0 Å². The predicted molar refractivity (Wildman–Crippen MR) is 32.4 cm³/mol. The largest absolute Gasteiger partial charge is 2.00 e. The first kappa shape index (κ1) is 30.2. The van der Waals surface area contributed by atoms with Crippen molar-refractivity contribution >= 4 is 35.0 Å². The van der Waals surface area contributed by atoms with Gasteiger partial charge in [0.25, 0.3) is 11.9 Å². The second-order valence-corrected chi connectivity index (χ2v) is 1.04. The number of hydrogen-bond acceptors (Lipinski definition) is 2. The van der Waals surface area contributed by atoms with Gasteiger partial charge in [0.15, 0.2) is 0 Å². The van der Waals surface area contributed by atoms with E-state index in [1.165, 1.54) is 0 Å². The van der Waals surface area contributed by atoms with Crippen LogP contribution in [-0.4, -0.2) is 45.2 Å². The van der Waals surface area contributed by atoms with Crippen molar-refractivity contribution in [3.05, 3.63) is 0 Å². The van der Waals surface area contributed by atoms with Gasteiger partial charge in [-0.25, -0.2) is 0 Å². The summed E-state index contributed by atoms with van der Waals surface area (Å²) < 4.78 is 0. The quantitative estimate of drug-likeness (QED) is 0.394. The third-order valence-corrected chi connectivity index (χ3v) is 0. The Bertz CT molecular complexity index is 78.1. The molecule has 0 heterocycles. The summed E-state index contributed by atoms with van der Waals surface area (Å²) in [5.74, 6) is -1.67. The van der Waals surface area contributed by atoms with E-state index in [-0.39, 0.29) is 47.9 Å². The zero-order valence-corrected chi connectivity index (χ0v) is 9.10. The van der Waals surface area contributed by atoms with Crippen molar-refractivity contribution < 1.29 is 44.6 Å². The van der Waals surface area contributed by atoms with Crippen LogP contribution >= 0.6 is 0 Å². The molecule has 0 saturated heterocycles. The summed E-state index contributed by atoms with van der Waals surface area (Å²) in [6.07, 6.45) is 0. The summed E-state index contributed by atoms with van der Waals surface area (Å²) in [6.45, 7) is 2.17. The van der Waals surface area contributed by atoms with E-state index < -0.39 is 11.9 Å². The van der Waals surface area contributed by atoms with Gasteiger partial charge in [0.1, 0.15) is 0 Å². The van der Waals surface area contributed by atoms with Gasteiger partial charge in [-0.3, -0.25) is 9.59 Å². The van der Waals surface area contributed by atoms with E-state index >= 15 is 0 Å². The van der Waals surface area contributed by atoms with E-state index in [0.717, 1.165) is 13.8 Å². The fraction of sp³-hybridized carbons (Fsp3) is 0.500. The monoisotopic (exact) mass is 214 g/mol. The van der Waals surface area contributed by atoms with Gasteiger partial charge in [0.05, 0.1) is 0 Å².